The van der Waals surface area contributed by atoms with Crippen molar-refractivity contribution in [1.82, 2.24) is 29.9 Å². The smallest absolute Gasteiger partial charge is 0.307 e. The molecule has 5 aromatic carbocycles. The highest BCUT2D eigenvalue weighted by Crippen LogP contribution is 2.32. The minimum absolute atomic E-state index is 0.280. The zero-order valence-electron chi connectivity index (χ0n) is 34.9. The Balaban J connectivity index is 0.000000182. The minimum Gasteiger partial charge on any atom is -0.462 e. The first-order valence-corrected chi connectivity index (χ1v) is 22.3. The molecule has 10 rings (SSSR count). The van der Waals surface area contributed by atoms with Crippen molar-refractivity contribution in [2.45, 2.75) is 19.8 Å². The van der Waals surface area contributed by atoms with Crippen molar-refractivity contribution in [3.8, 4) is 17.2 Å². The standard InChI is InChI=1S/C30H21N5O3S2.C21H19N3O/c1-19-18-32-28(40-19)27(36)33-21-8-5-9-22(16-21)38-23-11-12-24-25(13-10-20-6-3-2-4-7-20)34-35(26(24)17-23)30(37)29-31-14-15-39-29;22-16-7-4-8-17(13-16)25-18-10-11-19-20(23-24-21(19)14-18)12-9-15-5-2-1-3-6-15/h2-18H,1H3,(H,33,36);1-9,12-14H,10-11,22H2,(H,23,24)/b13-10+;12-9+. The molecule has 4 N–H and O–H groups in total. The number of anilines is 2. The number of hydrogen-bond donors (Lipinski definition) is 3. The van der Waals surface area contributed by atoms with E-state index in [1.807, 2.05) is 110 Å². The van der Waals surface area contributed by atoms with Crippen LogP contribution in [0.4, 0.5) is 11.4 Å². The average molecular weight is 893 g/mol. The number of benzene rings is 5. The number of ether oxygens (including phenoxy) is 2. The molecule has 0 saturated heterocycles. The highest BCUT2D eigenvalue weighted by atomic mass is 32.1. The lowest BCUT2D eigenvalue weighted by atomic mass is 9.99. The predicted molar refractivity (Wildman–Crippen MR) is 260 cm³/mol. The first-order chi connectivity index (χ1) is 31.8. The third-order valence-corrected chi connectivity index (χ3v) is 11.7. The number of amides is 1. The van der Waals surface area contributed by atoms with Gasteiger partial charge < -0.3 is 20.5 Å². The fourth-order valence-electron chi connectivity index (χ4n) is 6.98. The molecule has 4 heterocycles. The molecular formula is C51H40N8O4S2. The van der Waals surface area contributed by atoms with E-state index in [4.69, 9.17) is 15.2 Å². The van der Waals surface area contributed by atoms with Crippen LogP contribution in [0.5, 0.6) is 17.2 Å². The summed E-state index contributed by atoms with van der Waals surface area (Å²) < 4.78 is 13.4. The Morgan fingerprint density at radius 1 is 0.754 bits per heavy atom. The molecule has 0 bridgehead atoms. The Labute approximate surface area is 382 Å². The maximum absolute atomic E-state index is 13.3. The van der Waals surface area contributed by atoms with Gasteiger partial charge in [-0.1, -0.05) is 84.9 Å². The van der Waals surface area contributed by atoms with Crippen LogP contribution in [0.2, 0.25) is 0 Å². The van der Waals surface area contributed by atoms with E-state index in [1.165, 1.54) is 32.9 Å². The monoisotopic (exact) mass is 892 g/mol. The number of aromatic nitrogens is 6. The molecule has 65 heavy (non-hydrogen) atoms. The molecule has 9 aromatic rings. The van der Waals surface area contributed by atoms with E-state index in [-0.39, 0.29) is 11.8 Å². The van der Waals surface area contributed by atoms with Gasteiger partial charge in [-0.05, 0) is 73.0 Å². The molecular weight excluding hydrogens is 853 g/mol. The van der Waals surface area contributed by atoms with Crippen molar-refractivity contribution in [2.75, 3.05) is 11.1 Å². The number of carbonyl (C=O) groups excluding carboxylic acids is 2. The van der Waals surface area contributed by atoms with Crippen molar-refractivity contribution >= 4 is 87.1 Å². The molecule has 0 atom stereocenters. The number of nitrogen functional groups attached to an aromatic ring is 1. The van der Waals surface area contributed by atoms with E-state index in [1.54, 1.807) is 48.1 Å². The van der Waals surface area contributed by atoms with Crippen LogP contribution in [0.25, 0.3) is 41.3 Å². The first-order valence-electron chi connectivity index (χ1n) is 20.6. The third kappa shape index (κ3) is 10.4. The number of allylic oxidation sites excluding steroid dienone is 1. The Kier molecular flexibility index (Phi) is 12.6. The lowest BCUT2D eigenvalue weighted by molar-refractivity contribution is 0.0949. The van der Waals surface area contributed by atoms with E-state index in [0.717, 1.165) is 57.1 Å². The van der Waals surface area contributed by atoms with E-state index in [2.05, 4.69) is 54.9 Å². The quantitative estimate of drug-likeness (QED) is 0.107. The number of rotatable bonds is 11. The molecule has 0 unspecified atom stereocenters. The molecule has 4 aromatic heterocycles. The van der Waals surface area contributed by atoms with Crippen LogP contribution in [-0.4, -0.2) is 41.8 Å². The average Bonchev–Trinajstić information content (AvgIpc) is 4.16. The van der Waals surface area contributed by atoms with Crippen molar-refractivity contribution in [3.05, 3.63) is 200 Å². The summed E-state index contributed by atoms with van der Waals surface area (Å²) >= 11 is 2.59. The van der Waals surface area contributed by atoms with Crippen LogP contribution in [0.15, 0.2) is 151 Å². The number of aryl methyl sites for hydroxylation is 1. The summed E-state index contributed by atoms with van der Waals surface area (Å²) in [5.41, 5.74) is 13.7. The van der Waals surface area contributed by atoms with E-state index in [9.17, 15) is 9.59 Å². The number of H-pyrrole nitrogens is 1. The fourth-order valence-corrected chi connectivity index (χ4v) is 8.20. The van der Waals surface area contributed by atoms with Gasteiger partial charge in [-0.25, -0.2) is 9.97 Å². The number of carbonyl (C=O) groups is 2. The van der Waals surface area contributed by atoms with Gasteiger partial charge in [-0.2, -0.15) is 14.9 Å². The van der Waals surface area contributed by atoms with E-state index < -0.39 is 0 Å². The lowest BCUT2D eigenvalue weighted by Crippen LogP contribution is -2.13. The van der Waals surface area contributed by atoms with Crippen molar-refractivity contribution < 1.29 is 19.1 Å². The highest BCUT2D eigenvalue weighted by Gasteiger charge is 2.20. The maximum Gasteiger partial charge on any atom is 0.307 e. The molecule has 0 radical (unpaired) electrons. The first kappa shape index (κ1) is 42.1. The van der Waals surface area contributed by atoms with Crippen LogP contribution in [0, 0.1) is 6.92 Å². The second-order valence-corrected chi connectivity index (χ2v) is 16.9. The van der Waals surface area contributed by atoms with Crippen molar-refractivity contribution in [3.63, 3.8) is 0 Å². The Morgan fingerprint density at radius 2 is 1.48 bits per heavy atom. The van der Waals surface area contributed by atoms with Crippen LogP contribution < -0.4 is 20.5 Å². The number of thiazole rings is 2. The SMILES string of the molecule is Cc1cnc(C(=O)Nc2cccc(Oc3ccc4c(/C=C/c5ccccc5)nn(C(=O)c5nccs5)c4c3)c2)s1.Nc1cccc(OC2=Cc3[nH]nc(/C=C/c4ccccc4)c3CC2)c1. The van der Waals surface area contributed by atoms with Crippen LogP contribution in [0.3, 0.4) is 0 Å². The van der Waals surface area contributed by atoms with Gasteiger partial charge >= 0.3 is 5.91 Å². The van der Waals surface area contributed by atoms with Gasteiger partial charge in [0.2, 0.25) is 0 Å². The van der Waals surface area contributed by atoms with E-state index >= 15 is 0 Å². The molecule has 0 saturated carbocycles. The summed E-state index contributed by atoms with van der Waals surface area (Å²) in [6.07, 6.45) is 15.0. The largest absolute Gasteiger partial charge is 0.462 e. The van der Waals surface area contributed by atoms with Gasteiger partial charge in [0.1, 0.15) is 23.0 Å². The van der Waals surface area contributed by atoms with Crippen molar-refractivity contribution in [2.24, 2.45) is 0 Å². The molecule has 1 aliphatic carbocycles. The van der Waals surface area contributed by atoms with Gasteiger partial charge in [-0.3, -0.25) is 14.7 Å². The second-order valence-electron chi connectivity index (χ2n) is 14.8. The number of nitrogens with one attached hydrogen (secondary N) is 2. The van der Waals surface area contributed by atoms with Crippen LogP contribution in [-0.2, 0) is 6.42 Å². The number of aromatic amines is 1. The lowest BCUT2D eigenvalue weighted by Gasteiger charge is -2.15. The Morgan fingerprint density at radius 3 is 2.18 bits per heavy atom. The topological polar surface area (TPSA) is 163 Å². The van der Waals surface area contributed by atoms with Crippen LogP contribution >= 0.6 is 22.7 Å². The minimum atomic E-state index is -0.321. The fraction of sp³-hybridized carbons (Fsp3) is 0.0588. The van der Waals surface area contributed by atoms with Crippen molar-refractivity contribution in [1.29, 1.82) is 0 Å². The Hall–Kier alpha value is -8.20. The normalized spacial score (nSPS) is 12.1. The van der Waals surface area contributed by atoms with Gasteiger partial charge in [0.25, 0.3) is 5.91 Å². The molecule has 320 valence electrons. The van der Waals surface area contributed by atoms with Gasteiger partial charge in [-0.15, -0.1) is 22.7 Å². The number of hydrogen-bond acceptors (Lipinski definition) is 11. The van der Waals surface area contributed by atoms with Gasteiger partial charge in [0.15, 0.2) is 10.0 Å². The van der Waals surface area contributed by atoms with Gasteiger partial charge in [0, 0.05) is 75.7 Å². The second kappa shape index (κ2) is 19.5. The maximum atomic E-state index is 13.3. The highest BCUT2D eigenvalue weighted by molar-refractivity contribution is 7.13. The summed E-state index contributed by atoms with van der Waals surface area (Å²) in [4.78, 5) is 35.1. The molecule has 14 heteroatoms. The van der Waals surface area contributed by atoms with E-state index in [0.29, 0.717) is 44.1 Å². The summed E-state index contributed by atoms with van der Waals surface area (Å²) in [6, 6.07) is 40.2. The Bertz CT molecular complexity index is 3210. The predicted octanol–water partition coefficient (Wildman–Crippen LogP) is 11.7. The molecule has 0 fully saturated rings. The number of fused-ring (bicyclic) bond motifs is 2. The summed E-state index contributed by atoms with van der Waals surface area (Å²) in [6.45, 7) is 1.90. The molecule has 12 nitrogen and oxygen atoms in total. The zero-order chi connectivity index (χ0) is 44.5. The van der Waals surface area contributed by atoms with Gasteiger partial charge in [0.05, 0.1) is 22.6 Å². The number of nitrogens with two attached hydrogens (primary N) is 1. The molecule has 1 aliphatic rings. The summed E-state index contributed by atoms with van der Waals surface area (Å²) in [5.74, 6) is 2.11. The van der Waals surface area contributed by atoms with Crippen LogP contribution in [0.1, 0.15) is 64.7 Å². The zero-order valence-corrected chi connectivity index (χ0v) is 36.6. The molecule has 0 spiro atoms. The summed E-state index contributed by atoms with van der Waals surface area (Å²) in [7, 11) is 0. The third-order valence-electron chi connectivity index (χ3n) is 10.1. The molecule has 0 aliphatic heterocycles. The molecule has 1 amide bonds. The number of nitrogens with zero attached hydrogens (tertiary/aromatic N) is 5. The summed E-state index contributed by atoms with van der Waals surface area (Å²) in [5, 5.41) is 18.3.